The molecule has 1 aliphatic heterocycles. The highest BCUT2D eigenvalue weighted by Crippen LogP contribution is 2.34. The summed E-state index contributed by atoms with van der Waals surface area (Å²) in [6, 6.07) is 6.91. The number of anilines is 1. The molecule has 0 saturated heterocycles. The van der Waals surface area contributed by atoms with Crippen LogP contribution in [0, 0.1) is 11.3 Å². The molecule has 0 radical (unpaired) electrons. The molecule has 1 amide bonds. The van der Waals surface area contributed by atoms with Crippen molar-refractivity contribution < 1.29 is 14.3 Å². The van der Waals surface area contributed by atoms with Gasteiger partial charge in [-0.3, -0.25) is 4.79 Å². The molecule has 6 nitrogen and oxygen atoms in total. The fourth-order valence-corrected chi connectivity index (χ4v) is 1.57. The fraction of sp³-hybridized carbons (Fsp3) is 0.231. The third kappa shape index (κ3) is 2.96. The highest BCUT2D eigenvalue weighted by atomic mass is 16.7. The second-order valence-electron chi connectivity index (χ2n) is 4.14. The number of ether oxygens (including phenoxy) is 2. The zero-order valence-electron chi connectivity index (χ0n) is 10.6. The van der Waals surface area contributed by atoms with Crippen LogP contribution in [0.25, 0.3) is 0 Å². The number of hydrogen-bond acceptors (Lipinski definition) is 5. The molecule has 1 N–H and O–H groups in total. The minimum absolute atomic E-state index is 0.0302. The van der Waals surface area contributed by atoms with E-state index in [2.05, 4.69) is 5.32 Å². The number of nitriles is 1. The summed E-state index contributed by atoms with van der Waals surface area (Å²) in [5, 5.41) is 11.6. The highest BCUT2D eigenvalue weighted by molar-refractivity contribution is 6.06. The lowest BCUT2D eigenvalue weighted by Crippen LogP contribution is -2.16. The van der Waals surface area contributed by atoms with Crippen LogP contribution in [0.15, 0.2) is 30.0 Å². The van der Waals surface area contributed by atoms with Gasteiger partial charge in [-0.1, -0.05) is 0 Å². The van der Waals surface area contributed by atoms with Gasteiger partial charge in [-0.15, -0.1) is 0 Å². The molecule has 1 heterocycles. The van der Waals surface area contributed by atoms with Gasteiger partial charge >= 0.3 is 0 Å². The van der Waals surface area contributed by atoms with Crippen molar-refractivity contribution >= 4 is 11.6 Å². The summed E-state index contributed by atoms with van der Waals surface area (Å²) in [4.78, 5) is 13.5. The monoisotopic (exact) mass is 259 g/mol. The zero-order chi connectivity index (χ0) is 13.8. The van der Waals surface area contributed by atoms with Crippen LogP contribution in [0.1, 0.15) is 0 Å². The molecule has 0 spiro atoms. The number of carbonyl (C=O) groups is 1. The first-order valence-corrected chi connectivity index (χ1v) is 5.59. The molecule has 6 heteroatoms. The molecule has 0 fully saturated rings. The Bertz CT molecular complexity index is 573. The maximum absolute atomic E-state index is 11.9. The van der Waals surface area contributed by atoms with Crippen molar-refractivity contribution in [2.24, 2.45) is 0 Å². The maximum atomic E-state index is 11.9. The summed E-state index contributed by atoms with van der Waals surface area (Å²) in [5.74, 6) is 0.755. The molecule has 0 saturated carbocycles. The van der Waals surface area contributed by atoms with Crippen molar-refractivity contribution in [3.8, 4) is 17.6 Å². The number of carbonyl (C=O) groups excluding carboxylic acids is 1. The second kappa shape index (κ2) is 5.31. The quantitative estimate of drug-likeness (QED) is 0.654. The smallest absolute Gasteiger partial charge is 0.267 e. The van der Waals surface area contributed by atoms with Gasteiger partial charge in [0.2, 0.25) is 6.79 Å². The largest absolute Gasteiger partial charge is 0.454 e. The minimum Gasteiger partial charge on any atom is -0.454 e. The molecule has 0 aliphatic carbocycles. The fourth-order valence-electron chi connectivity index (χ4n) is 1.57. The number of hydrogen-bond donors (Lipinski definition) is 1. The first kappa shape index (κ1) is 12.8. The first-order chi connectivity index (χ1) is 9.10. The second-order valence-corrected chi connectivity index (χ2v) is 4.14. The Morgan fingerprint density at radius 1 is 1.42 bits per heavy atom. The number of benzene rings is 1. The van der Waals surface area contributed by atoms with E-state index in [1.807, 2.05) is 6.07 Å². The van der Waals surface area contributed by atoms with Crippen molar-refractivity contribution in [2.75, 3.05) is 26.2 Å². The van der Waals surface area contributed by atoms with Crippen LogP contribution < -0.4 is 14.8 Å². The lowest BCUT2D eigenvalue weighted by molar-refractivity contribution is -0.112. The van der Waals surface area contributed by atoms with Crippen LogP contribution in [0.4, 0.5) is 5.69 Å². The minimum atomic E-state index is -0.463. The van der Waals surface area contributed by atoms with E-state index in [-0.39, 0.29) is 12.4 Å². The number of amides is 1. The Balaban J connectivity index is 2.13. The van der Waals surface area contributed by atoms with Crippen molar-refractivity contribution in [3.05, 3.63) is 30.0 Å². The van der Waals surface area contributed by atoms with Gasteiger partial charge in [0.05, 0.1) is 0 Å². The van der Waals surface area contributed by atoms with Gasteiger partial charge < -0.3 is 19.7 Å². The standard InChI is InChI=1S/C13H13N3O3/c1-16(2)7-9(6-14)13(17)15-10-3-4-11-12(5-10)19-8-18-11/h3-5,7H,8H2,1-2H3,(H,15,17)/b9-7+. The molecular weight excluding hydrogens is 246 g/mol. The summed E-state index contributed by atoms with van der Waals surface area (Å²) in [5.41, 5.74) is 0.580. The Morgan fingerprint density at radius 3 is 2.84 bits per heavy atom. The molecule has 0 bridgehead atoms. The Hall–Kier alpha value is -2.68. The summed E-state index contributed by atoms with van der Waals surface area (Å²) >= 11 is 0. The van der Waals surface area contributed by atoms with Crippen LogP contribution in [0.5, 0.6) is 11.5 Å². The number of rotatable bonds is 3. The number of nitrogens with zero attached hydrogens (tertiary/aromatic N) is 2. The third-order valence-electron chi connectivity index (χ3n) is 2.38. The van der Waals surface area contributed by atoms with Crippen LogP contribution in [-0.4, -0.2) is 31.7 Å². The van der Waals surface area contributed by atoms with Crippen LogP contribution in [-0.2, 0) is 4.79 Å². The summed E-state index contributed by atoms with van der Waals surface area (Å²) in [6.07, 6.45) is 1.46. The van der Waals surface area contributed by atoms with Crippen molar-refractivity contribution in [1.82, 2.24) is 4.90 Å². The van der Waals surface area contributed by atoms with E-state index in [1.54, 1.807) is 37.2 Å². The van der Waals surface area contributed by atoms with E-state index >= 15 is 0 Å². The molecule has 1 aromatic rings. The van der Waals surface area contributed by atoms with E-state index in [0.29, 0.717) is 17.2 Å². The highest BCUT2D eigenvalue weighted by Gasteiger charge is 2.15. The topological polar surface area (TPSA) is 74.6 Å². The summed E-state index contributed by atoms with van der Waals surface area (Å²) in [7, 11) is 3.48. The molecule has 19 heavy (non-hydrogen) atoms. The maximum Gasteiger partial charge on any atom is 0.267 e. The Kier molecular flexibility index (Phi) is 3.57. The van der Waals surface area contributed by atoms with E-state index in [9.17, 15) is 4.79 Å². The lowest BCUT2D eigenvalue weighted by Gasteiger charge is -2.08. The predicted molar refractivity (Wildman–Crippen MR) is 68.6 cm³/mol. The normalized spacial score (nSPS) is 12.8. The summed E-state index contributed by atoms with van der Waals surface area (Å²) < 4.78 is 10.4. The molecule has 1 aromatic carbocycles. The number of fused-ring (bicyclic) bond motifs is 1. The van der Waals surface area contributed by atoms with Gasteiger partial charge in [-0.25, -0.2) is 0 Å². The van der Waals surface area contributed by atoms with Gasteiger partial charge in [0.25, 0.3) is 5.91 Å². The van der Waals surface area contributed by atoms with E-state index in [4.69, 9.17) is 14.7 Å². The SMILES string of the molecule is CN(C)/C=C(\C#N)C(=O)Nc1ccc2c(c1)OCO2. The molecule has 0 unspecified atom stereocenters. The van der Waals surface area contributed by atoms with Gasteiger partial charge in [-0.05, 0) is 12.1 Å². The van der Waals surface area contributed by atoms with Gasteiger partial charge in [0.1, 0.15) is 11.6 Å². The average Bonchev–Trinajstić information content (AvgIpc) is 2.82. The van der Waals surface area contributed by atoms with Gasteiger partial charge in [-0.2, -0.15) is 5.26 Å². The molecule has 0 atom stereocenters. The van der Waals surface area contributed by atoms with Crippen molar-refractivity contribution in [3.63, 3.8) is 0 Å². The van der Waals surface area contributed by atoms with Crippen molar-refractivity contribution in [2.45, 2.75) is 0 Å². The lowest BCUT2D eigenvalue weighted by atomic mass is 10.2. The Morgan fingerprint density at radius 2 is 2.16 bits per heavy atom. The van der Waals surface area contributed by atoms with Crippen molar-refractivity contribution in [1.29, 1.82) is 5.26 Å². The van der Waals surface area contributed by atoms with E-state index in [1.165, 1.54) is 6.20 Å². The molecule has 98 valence electrons. The average molecular weight is 259 g/mol. The summed E-state index contributed by atoms with van der Waals surface area (Å²) in [6.45, 7) is 0.177. The van der Waals surface area contributed by atoms with Gasteiger partial charge in [0, 0.05) is 32.0 Å². The van der Waals surface area contributed by atoms with Crippen LogP contribution in [0.3, 0.4) is 0 Å². The van der Waals surface area contributed by atoms with Crippen LogP contribution >= 0.6 is 0 Å². The zero-order valence-corrected chi connectivity index (χ0v) is 10.6. The van der Waals surface area contributed by atoms with E-state index in [0.717, 1.165) is 0 Å². The number of nitrogens with one attached hydrogen (secondary N) is 1. The molecular formula is C13H13N3O3. The first-order valence-electron chi connectivity index (χ1n) is 5.59. The molecule has 0 aromatic heterocycles. The van der Waals surface area contributed by atoms with Crippen LogP contribution in [0.2, 0.25) is 0 Å². The molecule has 1 aliphatic rings. The predicted octanol–water partition coefficient (Wildman–Crippen LogP) is 1.32. The molecule has 2 rings (SSSR count). The third-order valence-corrected chi connectivity index (χ3v) is 2.38. The van der Waals surface area contributed by atoms with E-state index < -0.39 is 5.91 Å². The van der Waals surface area contributed by atoms with Gasteiger partial charge in [0.15, 0.2) is 11.5 Å². The Labute approximate surface area is 110 Å².